The van der Waals surface area contributed by atoms with Crippen LogP contribution >= 0.6 is 0 Å². The molecule has 2 aliphatic rings. The molecular weight excluding hydrogens is 421 g/mol. The van der Waals surface area contributed by atoms with Crippen LogP contribution in [0.3, 0.4) is 0 Å². The molecule has 2 aliphatic heterocycles. The van der Waals surface area contributed by atoms with Gasteiger partial charge in [-0.25, -0.2) is 0 Å². The number of piperidine rings is 1. The van der Waals surface area contributed by atoms with Crippen molar-refractivity contribution in [2.75, 3.05) is 36.0 Å². The molecule has 9 heteroatoms. The van der Waals surface area contributed by atoms with Crippen molar-refractivity contribution in [3.05, 3.63) is 53.9 Å². The maximum absolute atomic E-state index is 12.9. The average Bonchev–Trinajstić information content (AvgIpc) is 3.23. The maximum Gasteiger partial charge on any atom is 0.417 e. The van der Waals surface area contributed by atoms with E-state index < -0.39 is 11.7 Å². The third-order valence-electron chi connectivity index (χ3n) is 5.96. The molecular formula is C23H25F3N4O2. The summed E-state index contributed by atoms with van der Waals surface area (Å²) in [6.07, 6.45) is -0.168. The molecule has 3 heterocycles. The van der Waals surface area contributed by atoms with Gasteiger partial charge in [0, 0.05) is 56.9 Å². The van der Waals surface area contributed by atoms with E-state index in [1.54, 1.807) is 0 Å². The van der Waals surface area contributed by atoms with Crippen LogP contribution in [0, 0.1) is 0 Å². The van der Waals surface area contributed by atoms with E-state index >= 15 is 0 Å². The third-order valence-corrected chi connectivity index (χ3v) is 5.96. The van der Waals surface area contributed by atoms with E-state index in [-0.39, 0.29) is 18.4 Å². The fourth-order valence-electron chi connectivity index (χ4n) is 4.17. The number of halogens is 3. The highest BCUT2D eigenvalue weighted by atomic mass is 19.4. The molecule has 0 saturated carbocycles. The van der Waals surface area contributed by atoms with Crippen LogP contribution in [-0.4, -0.2) is 48.9 Å². The van der Waals surface area contributed by atoms with Crippen molar-refractivity contribution in [1.29, 1.82) is 0 Å². The SMILES string of the molecule is O=C1CCN(c2ccc(CC(=O)NC3CCN(c4cncc(C(F)(F)F)c4)C3)cc2)CC1. The van der Waals surface area contributed by atoms with E-state index in [2.05, 4.69) is 15.2 Å². The van der Waals surface area contributed by atoms with Crippen molar-refractivity contribution < 1.29 is 22.8 Å². The molecule has 1 N–H and O–H groups in total. The predicted octanol–water partition coefficient (Wildman–Crippen LogP) is 3.21. The molecule has 2 saturated heterocycles. The Labute approximate surface area is 184 Å². The normalized spacial score (nSPS) is 19.3. The monoisotopic (exact) mass is 446 g/mol. The fraction of sp³-hybridized carbons (Fsp3) is 0.435. The molecule has 6 nitrogen and oxygen atoms in total. The smallest absolute Gasteiger partial charge is 0.371 e. The Morgan fingerprint density at radius 2 is 1.75 bits per heavy atom. The second-order valence-corrected chi connectivity index (χ2v) is 8.30. The van der Waals surface area contributed by atoms with Crippen LogP contribution in [0.15, 0.2) is 42.7 Å². The van der Waals surface area contributed by atoms with Crippen molar-refractivity contribution in [1.82, 2.24) is 10.3 Å². The van der Waals surface area contributed by atoms with Crippen molar-refractivity contribution in [2.24, 2.45) is 0 Å². The highest BCUT2D eigenvalue weighted by Crippen LogP contribution is 2.31. The van der Waals surface area contributed by atoms with Crippen molar-refractivity contribution >= 4 is 23.1 Å². The quantitative estimate of drug-likeness (QED) is 0.764. The molecule has 0 aliphatic carbocycles. The first-order valence-electron chi connectivity index (χ1n) is 10.7. The second-order valence-electron chi connectivity index (χ2n) is 8.30. The molecule has 1 aromatic carbocycles. The number of pyridine rings is 1. The van der Waals surface area contributed by atoms with Crippen molar-refractivity contribution in [2.45, 2.75) is 37.9 Å². The summed E-state index contributed by atoms with van der Waals surface area (Å²) in [6, 6.07) is 8.74. The Bertz CT molecular complexity index is 968. The Hall–Kier alpha value is -3.10. The fourth-order valence-corrected chi connectivity index (χ4v) is 4.17. The van der Waals surface area contributed by atoms with E-state index in [4.69, 9.17) is 0 Å². The summed E-state index contributed by atoms with van der Waals surface area (Å²) in [5.74, 6) is 0.180. The van der Waals surface area contributed by atoms with Gasteiger partial charge in [0.15, 0.2) is 0 Å². The van der Waals surface area contributed by atoms with Gasteiger partial charge >= 0.3 is 6.18 Å². The first-order valence-corrected chi connectivity index (χ1v) is 10.7. The molecule has 32 heavy (non-hydrogen) atoms. The van der Waals surface area contributed by atoms with Gasteiger partial charge in [-0.2, -0.15) is 13.2 Å². The van der Waals surface area contributed by atoms with Crippen LogP contribution < -0.4 is 15.1 Å². The molecule has 4 rings (SSSR count). The van der Waals surface area contributed by atoms with E-state index in [0.29, 0.717) is 43.8 Å². The minimum atomic E-state index is -4.43. The number of benzene rings is 1. The zero-order valence-corrected chi connectivity index (χ0v) is 17.6. The summed E-state index contributed by atoms with van der Waals surface area (Å²) >= 11 is 0. The summed E-state index contributed by atoms with van der Waals surface area (Å²) in [5.41, 5.74) is 1.56. The van der Waals surface area contributed by atoms with Crippen molar-refractivity contribution in [3.63, 3.8) is 0 Å². The number of amides is 1. The summed E-state index contributed by atoms with van der Waals surface area (Å²) < 4.78 is 38.8. The topological polar surface area (TPSA) is 65.5 Å². The number of nitrogens with zero attached hydrogens (tertiary/aromatic N) is 3. The van der Waals surface area contributed by atoms with Crippen LogP contribution in [0.25, 0.3) is 0 Å². The van der Waals surface area contributed by atoms with Crippen LogP contribution in [0.1, 0.15) is 30.4 Å². The molecule has 0 spiro atoms. The minimum Gasteiger partial charge on any atom is -0.371 e. The Morgan fingerprint density at radius 3 is 2.44 bits per heavy atom. The van der Waals surface area contributed by atoms with Gasteiger partial charge in [0.2, 0.25) is 5.91 Å². The Balaban J connectivity index is 1.28. The molecule has 1 unspecified atom stereocenters. The summed E-state index contributed by atoms with van der Waals surface area (Å²) in [5, 5.41) is 2.98. The third kappa shape index (κ3) is 5.38. The molecule has 1 atom stereocenters. The molecule has 2 aromatic rings. The molecule has 170 valence electrons. The zero-order chi connectivity index (χ0) is 22.7. The van der Waals surface area contributed by atoms with Gasteiger partial charge in [-0.1, -0.05) is 12.1 Å². The lowest BCUT2D eigenvalue weighted by Gasteiger charge is -2.28. The van der Waals surface area contributed by atoms with E-state index in [1.807, 2.05) is 29.2 Å². The Morgan fingerprint density at radius 1 is 1.03 bits per heavy atom. The highest BCUT2D eigenvalue weighted by Gasteiger charge is 2.32. The first kappa shape index (κ1) is 22.1. The summed E-state index contributed by atoms with van der Waals surface area (Å²) in [4.78, 5) is 31.6. The van der Waals surface area contributed by atoms with Gasteiger partial charge in [0.05, 0.1) is 23.9 Å². The summed E-state index contributed by atoms with van der Waals surface area (Å²) in [6.45, 7) is 2.44. The Kier molecular flexibility index (Phi) is 6.34. The lowest BCUT2D eigenvalue weighted by atomic mass is 10.1. The largest absolute Gasteiger partial charge is 0.417 e. The van der Waals surface area contributed by atoms with Gasteiger partial charge in [-0.15, -0.1) is 0 Å². The molecule has 1 aromatic heterocycles. The number of anilines is 2. The number of carbonyl (C=O) groups is 2. The lowest BCUT2D eigenvalue weighted by Crippen LogP contribution is -2.38. The number of alkyl halides is 3. The van der Waals surface area contributed by atoms with Gasteiger partial charge in [0.1, 0.15) is 5.78 Å². The van der Waals surface area contributed by atoms with Crippen LogP contribution in [0.2, 0.25) is 0 Å². The number of hydrogen-bond donors (Lipinski definition) is 1. The predicted molar refractivity (Wildman–Crippen MR) is 115 cm³/mol. The van der Waals surface area contributed by atoms with Crippen LogP contribution in [0.5, 0.6) is 0 Å². The number of Topliss-reactive ketones (excluding diaryl/α,β-unsaturated/α-hetero) is 1. The molecule has 0 radical (unpaired) electrons. The van der Waals surface area contributed by atoms with E-state index in [0.717, 1.165) is 36.6 Å². The number of aromatic nitrogens is 1. The number of hydrogen-bond acceptors (Lipinski definition) is 5. The van der Waals surface area contributed by atoms with Crippen LogP contribution in [0.4, 0.5) is 24.5 Å². The van der Waals surface area contributed by atoms with Gasteiger partial charge in [-0.05, 0) is 30.2 Å². The second kappa shape index (κ2) is 9.18. The summed E-state index contributed by atoms with van der Waals surface area (Å²) in [7, 11) is 0. The lowest BCUT2D eigenvalue weighted by molar-refractivity contribution is -0.137. The number of rotatable bonds is 5. The molecule has 2 fully saturated rings. The number of ketones is 1. The van der Waals surface area contributed by atoms with E-state index in [1.165, 1.54) is 6.20 Å². The van der Waals surface area contributed by atoms with Crippen molar-refractivity contribution in [3.8, 4) is 0 Å². The van der Waals surface area contributed by atoms with Gasteiger partial charge in [-0.3, -0.25) is 14.6 Å². The standard InChI is InChI=1S/C23H25F3N4O2/c24-23(25,26)17-12-20(14-27-13-17)30-8-5-18(15-30)28-22(32)11-16-1-3-19(4-2-16)29-9-6-21(31)7-10-29/h1-4,12-14,18H,5-11,15H2,(H,28,32). The number of carbonyl (C=O) groups excluding carboxylic acids is 2. The van der Waals surface area contributed by atoms with Gasteiger partial charge in [0.25, 0.3) is 0 Å². The highest BCUT2D eigenvalue weighted by molar-refractivity contribution is 5.81. The first-order chi connectivity index (χ1) is 15.3. The van der Waals surface area contributed by atoms with Gasteiger partial charge < -0.3 is 15.1 Å². The van der Waals surface area contributed by atoms with Crippen LogP contribution in [-0.2, 0) is 22.2 Å². The maximum atomic E-state index is 12.9. The number of nitrogens with one attached hydrogen (secondary N) is 1. The molecule has 0 bridgehead atoms. The molecule has 1 amide bonds. The van der Waals surface area contributed by atoms with E-state index in [9.17, 15) is 22.8 Å². The minimum absolute atomic E-state index is 0.115. The average molecular weight is 446 g/mol. The zero-order valence-electron chi connectivity index (χ0n) is 17.6.